The maximum Gasteiger partial charge on any atom is 0.277 e. The zero-order valence-electron chi connectivity index (χ0n) is 11.4. The van der Waals surface area contributed by atoms with Crippen LogP contribution in [-0.2, 0) is 0 Å². The molecule has 3 rings (SSSR count). The molecule has 0 saturated carbocycles. The van der Waals surface area contributed by atoms with E-state index in [1.807, 2.05) is 38.1 Å². The lowest BCUT2D eigenvalue weighted by molar-refractivity contribution is 0.102. The summed E-state index contributed by atoms with van der Waals surface area (Å²) in [6, 6.07) is 8.03. The smallest absolute Gasteiger partial charge is 0.277 e. The monoisotopic (exact) mass is 300 g/mol. The van der Waals surface area contributed by atoms with E-state index in [9.17, 15) is 4.79 Å². The van der Waals surface area contributed by atoms with Gasteiger partial charge in [0.2, 0.25) is 5.95 Å². The van der Waals surface area contributed by atoms with E-state index in [1.165, 1.54) is 16.9 Å². The van der Waals surface area contributed by atoms with Crippen molar-refractivity contribution < 1.29 is 4.79 Å². The molecule has 0 spiro atoms. The standard InChI is InChI=1S/C13H12N6OS/c1-7-3-5-9(6-4-7)12-14-10(8(2)21-12)11(20)15-13-16-18-19-17-13/h3-6H,1-2H3,(H2,15,16,17,18,19,20). The Bertz CT molecular complexity index is 763. The SMILES string of the molecule is Cc1ccc(-c2nc(C(=O)Nc3nnn[nH]3)c(C)s2)cc1. The number of H-pyrrole nitrogens is 1. The molecule has 0 fully saturated rings. The van der Waals surface area contributed by atoms with Crippen molar-refractivity contribution in [3.05, 3.63) is 40.4 Å². The van der Waals surface area contributed by atoms with Gasteiger partial charge < -0.3 is 0 Å². The molecule has 0 bridgehead atoms. The van der Waals surface area contributed by atoms with Crippen molar-refractivity contribution in [3.63, 3.8) is 0 Å². The second-order valence-corrected chi connectivity index (χ2v) is 5.70. The molecule has 0 aliphatic rings. The average molecular weight is 300 g/mol. The summed E-state index contributed by atoms with van der Waals surface area (Å²) in [7, 11) is 0. The first-order valence-corrected chi connectivity index (χ1v) is 7.04. The number of aryl methyl sites for hydroxylation is 2. The molecule has 0 aliphatic heterocycles. The minimum Gasteiger partial charge on any atom is -0.288 e. The summed E-state index contributed by atoms with van der Waals surface area (Å²) in [5.74, 6) is -0.134. The van der Waals surface area contributed by atoms with Crippen molar-refractivity contribution in [1.29, 1.82) is 0 Å². The molecule has 1 aromatic carbocycles. The number of hydrogen-bond donors (Lipinski definition) is 2. The molecule has 0 radical (unpaired) electrons. The number of nitrogens with zero attached hydrogens (tertiary/aromatic N) is 4. The van der Waals surface area contributed by atoms with Crippen LogP contribution >= 0.6 is 11.3 Å². The first kappa shape index (κ1) is 13.4. The number of benzene rings is 1. The van der Waals surface area contributed by atoms with Crippen LogP contribution < -0.4 is 5.32 Å². The lowest BCUT2D eigenvalue weighted by Crippen LogP contribution is -2.14. The largest absolute Gasteiger partial charge is 0.288 e. The maximum atomic E-state index is 12.1. The van der Waals surface area contributed by atoms with Gasteiger partial charge in [-0.05, 0) is 24.3 Å². The number of rotatable bonds is 3. The van der Waals surface area contributed by atoms with Crippen LogP contribution in [0.15, 0.2) is 24.3 Å². The third-order valence-corrected chi connectivity index (χ3v) is 3.91. The normalized spacial score (nSPS) is 10.6. The van der Waals surface area contributed by atoms with Gasteiger partial charge in [0.15, 0.2) is 0 Å². The molecular weight excluding hydrogens is 288 g/mol. The number of hydrogen-bond acceptors (Lipinski definition) is 6. The highest BCUT2D eigenvalue weighted by Gasteiger charge is 2.17. The molecule has 2 heterocycles. The van der Waals surface area contributed by atoms with Crippen molar-refractivity contribution in [2.45, 2.75) is 13.8 Å². The Morgan fingerprint density at radius 3 is 2.67 bits per heavy atom. The highest BCUT2D eigenvalue weighted by molar-refractivity contribution is 7.15. The molecule has 8 heteroatoms. The summed E-state index contributed by atoms with van der Waals surface area (Å²) in [6.07, 6.45) is 0. The van der Waals surface area contributed by atoms with E-state index >= 15 is 0 Å². The summed E-state index contributed by atoms with van der Waals surface area (Å²) in [4.78, 5) is 17.4. The van der Waals surface area contributed by atoms with Crippen LogP contribution in [-0.4, -0.2) is 31.5 Å². The number of aromatic nitrogens is 5. The van der Waals surface area contributed by atoms with Gasteiger partial charge in [-0.25, -0.2) is 10.1 Å². The molecule has 1 amide bonds. The van der Waals surface area contributed by atoms with Gasteiger partial charge in [-0.2, -0.15) is 0 Å². The van der Waals surface area contributed by atoms with Crippen LogP contribution in [0, 0.1) is 13.8 Å². The Kier molecular flexibility index (Phi) is 3.44. The number of nitrogens with one attached hydrogen (secondary N) is 2. The van der Waals surface area contributed by atoms with Crippen LogP contribution in [0.1, 0.15) is 20.9 Å². The maximum absolute atomic E-state index is 12.1. The predicted octanol–water partition coefficient (Wildman–Crippen LogP) is 2.19. The van der Waals surface area contributed by atoms with Crippen molar-refractivity contribution in [2.75, 3.05) is 5.32 Å². The van der Waals surface area contributed by atoms with Crippen LogP contribution in [0.25, 0.3) is 10.6 Å². The van der Waals surface area contributed by atoms with Gasteiger partial charge in [-0.3, -0.25) is 10.1 Å². The van der Waals surface area contributed by atoms with Gasteiger partial charge in [0.05, 0.1) is 0 Å². The molecule has 3 aromatic rings. The molecule has 2 N–H and O–H groups in total. The van der Waals surface area contributed by atoms with Crippen LogP contribution in [0.5, 0.6) is 0 Å². The van der Waals surface area contributed by atoms with Crippen LogP contribution in [0.2, 0.25) is 0 Å². The number of carbonyl (C=O) groups excluding carboxylic acids is 1. The Balaban J connectivity index is 1.87. The summed E-state index contributed by atoms with van der Waals surface area (Å²) < 4.78 is 0. The van der Waals surface area contributed by atoms with E-state index in [2.05, 4.69) is 30.9 Å². The fraction of sp³-hybridized carbons (Fsp3) is 0.154. The van der Waals surface area contributed by atoms with E-state index in [0.717, 1.165) is 15.4 Å². The molecule has 7 nitrogen and oxygen atoms in total. The molecule has 2 aromatic heterocycles. The number of thiazole rings is 1. The van der Waals surface area contributed by atoms with E-state index < -0.39 is 0 Å². The fourth-order valence-electron chi connectivity index (χ4n) is 1.81. The van der Waals surface area contributed by atoms with Crippen molar-refractivity contribution in [1.82, 2.24) is 25.6 Å². The third kappa shape index (κ3) is 2.79. The Hall–Kier alpha value is -2.61. The van der Waals surface area contributed by atoms with Crippen LogP contribution in [0.3, 0.4) is 0 Å². The highest BCUT2D eigenvalue weighted by atomic mass is 32.1. The molecular formula is C13H12N6OS. The Morgan fingerprint density at radius 1 is 1.24 bits per heavy atom. The Labute approximate surface area is 124 Å². The third-order valence-electron chi connectivity index (χ3n) is 2.89. The van der Waals surface area contributed by atoms with Gasteiger partial charge in [0, 0.05) is 10.4 Å². The van der Waals surface area contributed by atoms with Gasteiger partial charge >= 0.3 is 0 Å². The number of aromatic amines is 1. The average Bonchev–Trinajstić information content (AvgIpc) is 3.09. The first-order valence-electron chi connectivity index (χ1n) is 6.23. The number of tetrazole rings is 1. The van der Waals surface area contributed by atoms with Gasteiger partial charge in [0.1, 0.15) is 10.7 Å². The van der Waals surface area contributed by atoms with E-state index in [0.29, 0.717) is 5.69 Å². The summed E-state index contributed by atoms with van der Waals surface area (Å²) >= 11 is 1.48. The minimum absolute atomic E-state index is 0.198. The Morgan fingerprint density at radius 2 is 2.00 bits per heavy atom. The van der Waals surface area contributed by atoms with Crippen molar-refractivity contribution >= 4 is 23.2 Å². The quantitative estimate of drug-likeness (QED) is 0.773. The second kappa shape index (κ2) is 5.41. The lowest BCUT2D eigenvalue weighted by atomic mass is 10.2. The number of anilines is 1. The zero-order chi connectivity index (χ0) is 14.8. The topological polar surface area (TPSA) is 96.5 Å². The molecule has 106 valence electrons. The number of amides is 1. The van der Waals surface area contributed by atoms with Gasteiger partial charge in [0.25, 0.3) is 5.91 Å². The minimum atomic E-state index is -0.333. The van der Waals surface area contributed by atoms with E-state index in [1.54, 1.807) is 0 Å². The highest BCUT2D eigenvalue weighted by Crippen LogP contribution is 2.28. The molecule has 0 aliphatic carbocycles. The first-order chi connectivity index (χ1) is 10.1. The summed E-state index contributed by atoms with van der Waals surface area (Å²) in [5.41, 5.74) is 2.56. The second-order valence-electron chi connectivity index (χ2n) is 4.49. The predicted molar refractivity (Wildman–Crippen MR) is 79.2 cm³/mol. The molecule has 0 atom stereocenters. The van der Waals surface area contributed by atoms with Gasteiger partial charge in [-0.1, -0.05) is 34.9 Å². The number of carbonyl (C=O) groups is 1. The van der Waals surface area contributed by atoms with Crippen LogP contribution in [0.4, 0.5) is 5.95 Å². The van der Waals surface area contributed by atoms with Crippen molar-refractivity contribution in [3.8, 4) is 10.6 Å². The van der Waals surface area contributed by atoms with Crippen molar-refractivity contribution in [2.24, 2.45) is 0 Å². The van der Waals surface area contributed by atoms with E-state index in [4.69, 9.17) is 0 Å². The molecule has 0 saturated heterocycles. The molecule has 0 unspecified atom stereocenters. The fourth-order valence-corrected chi connectivity index (χ4v) is 2.72. The summed E-state index contributed by atoms with van der Waals surface area (Å²) in [6.45, 7) is 3.89. The van der Waals surface area contributed by atoms with Gasteiger partial charge in [-0.15, -0.1) is 11.3 Å². The molecule has 21 heavy (non-hydrogen) atoms. The van der Waals surface area contributed by atoms with E-state index in [-0.39, 0.29) is 11.9 Å². The lowest BCUT2D eigenvalue weighted by Gasteiger charge is -1.98. The summed E-state index contributed by atoms with van der Waals surface area (Å²) in [5, 5.41) is 16.3. The zero-order valence-corrected chi connectivity index (χ0v) is 12.2.